The molecule has 1 heterocycles. The number of hydrogen-bond acceptors (Lipinski definition) is 6. The molecule has 0 radical (unpaired) electrons. The summed E-state index contributed by atoms with van der Waals surface area (Å²) in [5.41, 5.74) is 1.69. The minimum absolute atomic E-state index is 0.109. The van der Waals surface area contributed by atoms with Crippen LogP contribution in [0.25, 0.3) is 0 Å². The monoisotopic (exact) mass is 354 g/mol. The second kappa shape index (κ2) is 6.85. The first-order chi connectivity index (χ1) is 10.6. The molecule has 5 nitrogen and oxygen atoms in total. The fourth-order valence-corrected chi connectivity index (χ4v) is 3.68. The number of amides is 1. The number of nitrogens with one attached hydrogen (secondary N) is 2. The van der Waals surface area contributed by atoms with E-state index in [-0.39, 0.29) is 11.7 Å². The summed E-state index contributed by atoms with van der Waals surface area (Å²) in [6, 6.07) is 6.10. The van der Waals surface area contributed by atoms with Crippen molar-refractivity contribution in [2.75, 3.05) is 16.4 Å². The van der Waals surface area contributed by atoms with E-state index in [9.17, 15) is 4.79 Å². The number of aromatic nitrogens is 2. The maximum atomic E-state index is 12.0. The van der Waals surface area contributed by atoms with Crippen molar-refractivity contribution in [1.82, 2.24) is 10.2 Å². The van der Waals surface area contributed by atoms with E-state index in [0.29, 0.717) is 16.8 Å². The van der Waals surface area contributed by atoms with Gasteiger partial charge < -0.3 is 10.6 Å². The summed E-state index contributed by atoms with van der Waals surface area (Å²) in [7, 11) is 0. The minimum Gasteiger partial charge on any atom is -0.357 e. The SMILES string of the molecule is Cc1ccc(NC(=O)CSc2nnc(NC3CC3)s2)c(Cl)c1. The van der Waals surface area contributed by atoms with Crippen LogP contribution >= 0.6 is 34.7 Å². The van der Waals surface area contributed by atoms with Gasteiger partial charge in [0.1, 0.15) is 0 Å². The van der Waals surface area contributed by atoms with Gasteiger partial charge in [0.05, 0.1) is 16.5 Å². The fourth-order valence-electron chi connectivity index (χ4n) is 1.76. The van der Waals surface area contributed by atoms with Gasteiger partial charge in [0, 0.05) is 6.04 Å². The Morgan fingerprint density at radius 3 is 3.00 bits per heavy atom. The van der Waals surface area contributed by atoms with Crippen LogP contribution in [-0.4, -0.2) is 27.9 Å². The Labute approximate surface area is 141 Å². The summed E-state index contributed by atoms with van der Waals surface area (Å²) < 4.78 is 0.785. The van der Waals surface area contributed by atoms with E-state index >= 15 is 0 Å². The van der Waals surface area contributed by atoms with Crippen molar-refractivity contribution < 1.29 is 4.79 Å². The third kappa shape index (κ3) is 4.34. The first-order valence-electron chi connectivity index (χ1n) is 6.89. The molecule has 116 valence electrons. The highest BCUT2D eigenvalue weighted by molar-refractivity contribution is 8.01. The van der Waals surface area contributed by atoms with Crippen molar-refractivity contribution in [1.29, 1.82) is 0 Å². The Bertz CT molecular complexity index is 687. The first kappa shape index (κ1) is 15.6. The zero-order valence-corrected chi connectivity index (χ0v) is 14.3. The van der Waals surface area contributed by atoms with Gasteiger partial charge in [0.2, 0.25) is 11.0 Å². The van der Waals surface area contributed by atoms with E-state index in [1.807, 2.05) is 25.1 Å². The first-order valence-corrected chi connectivity index (χ1v) is 9.07. The molecule has 1 saturated carbocycles. The second-order valence-corrected chi connectivity index (χ2v) is 7.72. The van der Waals surface area contributed by atoms with Gasteiger partial charge in [-0.15, -0.1) is 10.2 Å². The predicted molar refractivity (Wildman–Crippen MR) is 92.1 cm³/mol. The van der Waals surface area contributed by atoms with Gasteiger partial charge in [0.25, 0.3) is 0 Å². The van der Waals surface area contributed by atoms with Crippen molar-refractivity contribution >= 4 is 51.4 Å². The summed E-state index contributed by atoms with van der Waals surface area (Å²) in [5, 5.41) is 15.6. The highest BCUT2D eigenvalue weighted by Gasteiger charge is 2.22. The minimum atomic E-state index is -0.109. The Morgan fingerprint density at radius 1 is 1.45 bits per heavy atom. The number of halogens is 1. The van der Waals surface area contributed by atoms with E-state index in [1.165, 1.54) is 35.9 Å². The van der Waals surface area contributed by atoms with E-state index in [2.05, 4.69) is 20.8 Å². The van der Waals surface area contributed by atoms with E-state index in [4.69, 9.17) is 11.6 Å². The van der Waals surface area contributed by atoms with Crippen LogP contribution in [0.5, 0.6) is 0 Å². The molecule has 0 saturated heterocycles. The largest absolute Gasteiger partial charge is 0.357 e. The van der Waals surface area contributed by atoms with Crippen LogP contribution in [-0.2, 0) is 4.79 Å². The quantitative estimate of drug-likeness (QED) is 0.772. The van der Waals surface area contributed by atoms with Gasteiger partial charge in [-0.25, -0.2) is 0 Å². The molecule has 0 unspecified atom stereocenters. The molecule has 1 aromatic carbocycles. The van der Waals surface area contributed by atoms with Crippen molar-refractivity contribution in [3.05, 3.63) is 28.8 Å². The summed E-state index contributed by atoms with van der Waals surface area (Å²) in [6.45, 7) is 1.95. The number of anilines is 2. The molecule has 3 rings (SSSR count). The molecule has 1 aliphatic carbocycles. The number of rotatable bonds is 6. The van der Waals surface area contributed by atoms with Gasteiger partial charge in [0.15, 0.2) is 4.34 Å². The van der Waals surface area contributed by atoms with Crippen molar-refractivity contribution in [2.24, 2.45) is 0 Å². The van der Waals surface area contributed by atoms with Crippen LogP contribution in [0, 0.1) is 6.92 Å². The average Bonchev–Trinajstić information content (AvgIpc) is 3.17. The maximum Gasteiger partial charge on any atom is 0.234 e. The molecule has 1 amide bonds. The van der Waals surface area contributed by atoms with Crippen LogP contribution in [0.1, 0.15) is 18.4 Å². The number of thioether (sulfide) groups is 1. The lowest BCUT2D eigenvalue weighted by Crippen LogP contribution is -2.14. The molecule has 1 aromatic heterocycles. The summed E-state index contributed by atoms with van der Waals surface area (Å²) in [6.07, 6.45) is 2.39. The molecule has 2 aromatic rings. The molecule has 8 heteroatoms. The lowest BCUT2D eigenvalue weighted by atomic mass is 10.2. The molecule has 0 atom stereocenters. The number of hydrogen-bond donors (Lipinski definition) is 2. The fraction of sp³-hybridized carbons (Fsp3) is 0.357. The Morgan fingerprint density at radius 2 is 2.27 bits per heavy atom. The van der Waals surface area contributed by atoms with Crippen LogP contribution in [0.15, 0.2) is 22.5 Å². The highest BCUT2D eigenvalue weighted by atomic mass is 35.5. The molecule has 0 bridgehead atoms. The maximum absolute atomic E-state index is 12.0. The Kier molecular flexibility index (Phi) is 4.85. The standard InChI is InChI=1S/C14H15ClN4OS2/c1-8-2-5-11(10(15)6-8)17-12(20)7-21-14-19-18-13(22-14)16-9-3-4-9/h2,5-6,9H,3-4,7H2,1H3,(H,16,18)(H,17,20). The third-order valence-corrected chi connectivity index (χ3v) is 5.34. The molecule has 0 spiro atoms. The smallest absolute Gasteiger partial charge is 0.234 e. The van der Waals surface area contributed by atoms with Crippen molar-refractivity contribution in [3.8, 4) is 0 Å². The number of carbonyl (C=O) groups excluding carboxylic acids is 1. The van der Waals surface area contributed by atoms with Gasteiger partial charge in [-0.05, 0) is 37.5 Å². The molecule has 0 aliphatic heterocycles. The molecule has 2 N–H and O–H groups in total. The summed E-state index contributed by atoms with van der Waals surface area (Å²) in [4.78, 5) is 12.0. The summed E-state index contributed by atoms with van der Waals surface area (Å²) in [5.74, 6) is 0.171. The van der Waals surface area contributed by atoms with E-state index in [1.54, 1.807) is 0 Å². The number of benzene rings is 1. The number of carbonyl (C=O) groups is 1. The predicted octanol–water partition coefficient (Wildman–Crippen LogP) is 3.81. The normalized spacial score (nSPS) is 13.9. The molecule has 1 fully saturated rings. The molecular weight excluding hydrogens is 340 g/mol. The Balaban J connectivity index is 1.50. The van der Waals surface area contributed by atoms with E-state index < -0.39 is 0 Å². The van der Waals surface area contributed by atoms with Crippen molar-refractivity contribution in [3.63, 3.8) is 0 Å². The topological polar surface area (TPSA) is 66.9 Å². The average molecular weight is 355 g/mol. The van der Waals surface area contributed by atoms with Crippen molar-refractivity contribution in [2.45, 2.75) is 30.1 Å². The third-order valence-electron chi connectivity index (χ3n) is 3.04. The van der Waals surface area contributed by atoms with E-state index in [0.717, 1.165) is 15.0 Å². The van der Waals surface area contributed by atoms with Gasteiger partial charge >= 0.3 is 0 Å². The van der Waals surface area contributed by atoms with Gasteiger partial charge in [-0.2, -0.15) is 0 Å². The lowest BCUT2D eigenvalue weighted by molar-refractivity contribution is -0.113. The van der Waals surface area contributed by atoms with Crippen LogP contribution in [0.4, 0.5) is 10.8 Å². The van der Waals surface area contributed by atoms with Gasteiger partial charge in [-0.3, -0.25) is 4.79 Å². The molecular formula is C14H15ClN4OS2. The molecule has 22 heavy (non-hydrogen) atoms. The number of nitrogens with zero attached hydrogens (tertiary/aromatic N) is 2. The second-order valence-electron chi connectivity index (χ2n) is 5.11. The zero-order valence-electron chi connectivity index (χ0n) is 11.9. The van der Waals surface area contributed by atoms with Crippen LogP contribution < -0.4 is 10.6 Å². The van der Waals surface area contributed by atoms with Crippen LogP contribution in [0.3, 0.4) is 0 Å². The zero-order chi connectivity index (χ0) is 15.5. The lowest BCUT2D eigenvalue weighted by Gasteiger charge is -2.07. The Hall–Kier alpha value is -1.31. The number of aryl methyl sites for hydroxylation is 1. The van der Waals surface area contributed by atoms with Gasteiger partial charge in [-0.1, -0.05) is 40.8 Å². The summed E-state index contributed by atoms with van der Waals surface area (Å²) >= 11 is 8.95. The van der Waals surface area contributed by atoms with Crippen LogP contribution in [0.2, 0.25) is 5.02 Å². The molecule has 1 aliphatic rings. The highest BCUT2D eigenvalue weighted by Crippen LogP contribution is 2.30.